The highest BCUT2D eigenvalue weighted by molar-refractivity contribution is 5.80. The Morgan fingerprint density at radius 1 is 1.36 bits per heavy atom. The van der Waals surface area contributed by atoms with Gasteiger partial charge >= 0.3 is 0 Å². The Morgan fingerprint density at radius 3 is 2.72 bits per heavy atom. The van der Waals surface area contributed by atoms with Gasteiger partial charge in [-0.25, -0.2) is 4.39 Å². The topological polar surface area (TPSA) is 63.1 Å². The second-order valence-electron chi connectivity index (χ2n) is 7.53. The fraction of sp³-hybridized carbons (Fsp3) is 0.500. The summed E-state index contributed by atoms with van der Waals surface area (Å²) in [7, 11) is 1.86. The number of nitrogens with one attached hydrogen (secondary N) is 1. The van der Waals surface area contributed by atoms with Crippen molar-refractivity contribution in [2.45, 2.75) is 38.8 Å². The third-order valence-corrected chi connectivity index (χ3v) is 4.55. The number of aromatic nitrogens is 3. The minimum atomic E-state index is -0.391. The summed E-state index contributed by atoms with van der Waals surface area (Å²) in [4.78, 5) is 18.4. The van der Waals surface area contributed by atoms with E-state index < -0.39 is 5.82 Å². The summed E-state index contributed by atoms with van der Waals surface area (Å²) in [6, 6.07) is 1.52. The molecule has 2 aromatic heterocycles. The van der Waals surface area contributed by atoms with Crippen molar-refractivity contribution in [3.05, 3.63) is 42.2 Å². The maximum Gasteiger partial charge on any atom is 0.223 e. The largest absolute Gasteiger partial charge is 0.382 e. The Kier molecular flexibility index (Phi) is 4.49. The van der Waals surface area contributed by atoms with Crippen LogP contribution in [0.4, 0.5) is 10.1 Å². The molecule has 0 radical (unpaired) electrons. The van der Waals surface area contributed by atoms with E-state index in [9.17, 15) is 9.18 Å². The number of likely N-dealkylation sites (tertiary alicyclic amines) is 1. The molecule has 3 heterocycles. The Morgan fingerprint density at radius 2 is 2.12 bits per heavy atom. The first-order valence-corrected chi connectivity index (χ1v) is 8.41. The molecule has 6 nitrogen and oxygen atoms in total. The number of aryl methyl sites for hydroxylation is 1. The number of carbonyl (C=O) groups excluding carboxylic acids is 1. The zero-order valence-electron chi connectivity index (χ0n) is 15.0. The smallest absolute Gasteiger partial charge is 0.223 e. The van der Waals surface area contributed by atoms with Gasteiger partial charge < -0.3 is 10.2 Å². The molecule has 0 aliphatic carbocycles. The van der Waals surface area contributed by atoms with Crippen molar-refractivity contribution >= 4 is 11.6 Å². The minimum Gasteiger partial charge on any atom is -0.382 e. The predicted octanol–water partition coefficient (Wildman–Crippen LogP) is 2.75. The molecular weight excluding hydrogens is 321 g/mol. The van der Waals surface area contributed by atoms with E-state index in [-0.39, 0.29) is 23.4 Å². The van der Waals surface area contributed by atoms with Crippen LogP contribution in [-0.2, 0) is 11.8 Å². The van der Waals surface area contributed by atoms with Crippen molar-refractivity contribution in [3.8, 4) is 0 Å². The first-order chi connectivity index (χ1) is 11.8. The molecule has 0 bridgehead atoms. The molecule has 1 fully saturated rings. The number of carbonyl (C=O) groups is 1. The third-order valence-electron chi connectivity index (χ3n) is 4.55. The number of nitrogens with zero attached hydrogens (tertiary/aromatic N) is 4. The van der Waals surface area contributed by atoms with Gasteiger partial charge in [0.1, 0.15) is 0 Å². The van der Waals surface area contributed by atoms with Crippen LogP contribution in [0.15, 0.2) is 30.9 Å². The molecule has 1 amide bonds. The summed E-state index contributed by atoms with van der Waals surface area (Å²) in [6.07, 6.45) is 6.91. The van der Waals surface area contributed by atoms with Crippen molar-refractivity contribution < 1.29 is 9.18 Å². The fourth-order valence-corrected chi connectivity index (χ4v) is 3.55. The van der Waals surface area contributed by atoms with E-state index in [0.29, 0.717) is 18.7 Å². The van der Waals surface area contributed by atoms with E-state index in [1.54, 1.807) is 16.9 Å². The third kappa shape index (κ3) is 3.50. The molecule has 0 saturated carbocycles. The average molecular weight is 345 g/mol. The van der Waals surface area contributed by atoms with Gasteiger partial charge in [0.2, 0.25) is 5.91 Å². The second kappa shape index (κ2) is 6.46. The molecule has 2 aromatic rings. The van der Waals surface area contributed by atoms with Crippen LogP contribution < -0.4 is 5.32 Å². The van der Waals surface area contributed by atoms with Gasteiger partial charge in [0.05, 0.1) is 24.1 Å². The molecule has 1 aliphatic rings. The van der Waals surface area contributed by atoms with Crippen molar-refractivity contribution in [2.24, 2.45) is 13.0 Å². The molecule has 0 aromatic carbocycles. The van der Waals surface area contributed by atoms with Gasteiger partial charge in [0, 0.05) is 49.4 Å². The quantitative estimate of drug-likeness (QED) is 0.925. The highest BCUT2D eigenvalue weighted by atomic mass is 19.1. The Balaban J connectivity index is 1.86. The lowest BCUT2D eigenvalue weighted by Crippen LogP contribution is -2.44. The van der Waals surface area contributed by atoms with Crippen LogP contribution >= 0.6 is 0 Å². The van der Waals surface area contributed by atoms with Gasteiger partial charge in [-0.2, -0.15) is 5.10 Å². The van der Waals surface area contributed by atoms with Crippen molar-refractivity contribution in [1.82, 2.24) is 19.7 Å². The monoisotopic (exact) mass is 345 g/mol. The molecule has 1 aliphatic heterocycles. The number of anilines is 1. The lowest BCUT2D eigenvalue weighted by atomic mass is 9.93. The van der Waals surface area contributed by atoms with Crippen LogP contribution in [0.5, 0.6) is 0 Å². The molecule has 1 saturated heterocycles. The molecule has 7 heteroatoms. The summed E-state index contributed by atoms with van der Waals surface area (Å²) in [5.41, 5.74) is 1.11. The first-order valence-electron chi connectivity index (χ1n) is 8.41. The Hall–Kier alpha value is -2.44. The summed E-state index contributed by atoms with van der Waals surface area (Å²) in [6.45, 7) is 6.60. The zero-order valence-corrected chi connectivity index (χ0v) is 15.0. The van der Waals surface area contributed by atoms with E-state index in [0.717, 1.165) is 5.56 Å². The lowest BCUT2D eigenvalue weighted by molar-refractivity contribution is -0.133. The van der Waals surface area contributed by atoms with Gasteiger partial charge in [0.15, 0.2) is 5.82 Å². The summed E-state index contributed by atoms with van der Waals surface area (Å²) < 4.78 is 15.6. The van der Waals surface area contributed by atoms with Crippen LogP contribution in [0, 0.1) is 11.7 Å². The van der Waals surface area contributed by atoms with Crippen LogP contribution in [-0.4, -0.2) is 37.7 Å². The molecule has 25 heavy (non-hydrogen) atoms. The van der Waals surface area contributed by atoms with E-state index in [2.05, 4.69) is 15.4 Å². The molecule has 0 spiro atoms. The SMILES string of the molecule is Cn1cc([C@@H]2[C@@H](CNc3ccncc3F)CC(=O)N2C(C)(C)C)cn1. The van der Waals surface area contributed by atoms with Crippen molar-refractivity contribution in [3.63, 3.8) is 0 Å². The maximum absolute atomic E-state index is 13.8. The van der Waals surface area contributed by atoms with Crippen LogP contribution in [0.3, 0.4) is 0 Å². The predicted molar refractivity (Wildman–Crippen MR) is 93.3 cm³/mol. The van der Waals surface area contributed by atoms with Crippen LogP contribution in [0.25, 0.3) is 0 Å². The van der Waals surface area contributed by atoms with Gasteiger partial charge in [0.25, 0.3) is 0 Å². The highest BCUT2D eigenvalue weighted by Crippen LogP contribution is 2.42. The lowest BCUT2D eigenvalue weighted by Gasteiger charge is -2.38. The van der Waals surface area contributed by atoms with Gasteiger partial charge in [-0.15, -0.1) is 0 Å². The number of pyridine rings is 1. The molecule has 134 valence electrons. The van der Waals surface area contributed by atoms with Crippen molar-refractivity contribution in [1.29, 1.82) is 0 Å². The first kappa shape index (κ1) is 17.4. The highest BCUT2D eigenvalue weighted by Gasteiger charge is 2.45. The maximum atomic E-state index is 13.8. The standard InChI is InChI=1S/C18H24FN5O/c1-18(2,3)24-16(25)7-12(17(24)13-9-22-23(4)11-13)8-21-15-5-6-20-10-14(15)19/h5-6,9-12,17H,7-8H2,1-4H3,(H,20,21)/t12-,17+/m1/s1. The average Bonchev–Trinajstić information content (AvgIpc) is 3.09. The molecule has 3 rings (SSSR count). The molecular formula is C18H24FN5O. The summed E-state index contributed by atoms with van der Waals surface area (Å²) in [5.74, 6) is -0.246. The zero-order chi connectivity index (χ0) is 18.2. The number of hydrogen-bond acceptors (Lipinski definition) is 4. The second-order valence-corrected chi connectivity index (χ2v) is 7.53. The van der Waals surface area contributed by atoms with E-state index in [1.807, 2.05) is 45.1 Å². The molecule has 2 atom stereocenters. The number of amides is 1. The Bertz CT molecular complexity index is 767. The van der Waals surface area contributed by atoms with Crippen LogP contribution in [0.2, 0.25) is 0 Å². The van der Waals surface area contributed by atoms with E-state index in [4.69, 9.17) is 0 Å². The number of rotatable bonds is 4. The fourth-order valence-electron chi connectivity index (χ4n) is 3.55. The normalized spacial score (nSPS) is 21.0. The summed E-state index contributed by atoms with van der Waals surface area (Å²) >= 11 is 0. The van der Waals surface area contributed by atoms with Gasteiger partial charge in [-0.05, 0) is 26.8 Å². The van der Waals surface area contributed by atoms with Gasteiger partial charge in [-0.3, -0.25) is 14.5 Å². The van der Waals surface area contributed by atoms with E-state index >= 15 is 0 Å². The van der Waals surface area contributed by atoms with Gasteiger partial charge in [-0.1, -0.05) is 0 Å². The van der Waals surface area contributed by atoms with Crippen LogP contribution in [0.1, 0.15) is 38.8 Å². The molecule has 0 unspecified atom stereocenters. The van der Waals surface area contributed by atoms with Crippen molar-refractivity contribution in [2.75, 3.05) is 11.9 Å². The van der Waals surface area contributed by atoms with E-state index in [1.165, 1.54) is 6.20 Å². The molecule has 1 N–H and O–H groups in total. The number of hydrogen-bond donors (Lipinski definition) is 1. The number of halogens is 1. The Labute approximate surface area is 147 Å². The summed E-state index contributed by atoms with van der Waals surface area (Å²) in [5, 5.41) is 7.39. The minimum absolute atomic E-state index is 0.0310.